The Balaban J connectivity index is 0.00000240. The normalized spacial score (nSPS) is 16.4. The number of pyridine rings is 2. The molecule has 152 valence electrons. The van der Waals surface area contributed by atoms with Crippen molar-refractivity contribution in [2.24, 2.45) is 0 Å². The molecule has 4 rings (SSSR count). The molecule has 1 N–H and O–H groups in total. The quantitative estimate of drug-likeness (QED) is 0.572. The van der Waals surface area contributed by atoms with Gasteiger partial charge in [-0.3, -0.25) is 4.79 Å². The minimum atomic E-state index is 0. The van der Waals surface area contributed by atoms with E-state index in [0.29, 0.717) is 16.2 Å². The van der Waals surface area contributed by atoms with Crippen LogP contribution in [0.1, 0.15) is 42.2 Å². The van der Waals surface area contributed by atoms with Gasteiger partial charge in [-0.1, -0.05) is 17.7 Å². The highest BCUT2D eigenvalue weighted by Gasteiger charge is 2.27. The van der Waals surface area contributed by atoms with Crippen molar-refractivity contribution in [3.8, 4) is 0 Å². The number of nitrogens with one attached hydrogen (secondary N) is 1. The molecular formula is C22H24Cl2N4O. The number of aromatic nitrogens is 2. The van der Waals surface area contributed by atoms with Crippen LogP contribution >= 0.6 is 24.0 Å². The lowest BCUT2D eigenvalue weighted by atomic mass is 10.0. The van der Waals surface area contributed by atoms with Crippen molar-refractivity contribution in [2.75, 3.05) is 11.9 Å². The topological polar surface area (TPSA) is 58.1 Å². The second-order valence-electron chi connectivity index (χ2n) is 7.35. The summed E-state index contributed by atoms with van der Waals surface area (Å²) in [5, 5.41) is 4.85. The summed E-state index contributed by atoms with van der Waals surface area (Å²) in [5.74, 6) is 0.00621. The molecule has 0 spiro atoms. The lowest BCUT2D eigenvalue weighted by molar-refractivity contribution is 0.0636. The molecule has 2 aromatic heterocycles. The average molecular weight is 431 g/mol. The largest absolute Gasteiger partial charge is 0.354 e. The number of amides is 1. The fraction of sp³-hybridized carbons (Fsp3) is 0.318. The van der Waals surface area contributed by atoms with Gasteiger partial charge in [0.05, 0.1) is 11.3 Å². The van der Waals surface area contributed by atoms with Gasteiger partial charge in [-0.25, -0.2) is 9.97 Å². The first kappa shape index (κ1) is 21.3. The summed E-state index contributed by atoms with van der Waals surface area (Å²) >= 11 is 6.15. The number of rotatable bonds is 3. The number of nitrogens with zero attached hydrogens (tertiary/aromatic N) is 3. The molecule has 7 heteroatoms. The van der Waals surface area contributed by atoms with Crippen LogP contribution in [-0.4, -0.2) is 33.4 Å². The monoisotopic (exact) mass is 430 g/mol. The summed E-state index contributed by atoms with van der Waals surface area (Å²) < 4.78 is 0. The molecule has 3 heterocycles. The molecule has 3 aromatic rings. The lowest BCUT2D eigenvalue weighted by Crippen LogP contribution is -2.42. The molecule has 1 unspecified atom stereocenters. The molecule has 0 aliphatic carbocycles. The summed E-state index contributed by atoms with van der Waals surface area (Å²) in [7, 11) is 0. The maximum atomic E-state index is 13.4. The Kier molecular flexibility index (Phi) is 6.60. The summed E-state index contributed by atoms with van der Waals surface area (Å²) in [4.78, 5) is 24.4. The van der Waals surface area contributed by atoms with Crippen LogP contribution in [0.25, 0.3) is 11.0 Å². The van der Waals surface area contributed by atoms with Crippen molar-refractivity contribution in [1.29, 1.82) is 0 Å². The highest BCUT2D eigenvalue weighted by molar-refractivity contribution is 6.30. The smallest absolute Gasteiger partial charge is 0.257 e. The van der Waals surface area contributed by atoms with Gasteiger partial charge in [-0.05, 0) is 63.4 Å². The fourth-order valence-electron chi connectivity index (χ4n) is 3.73. The third kappa shape index (κ3) is 4.46. The maximum absolute atomic E-state index is 13.4. The molecule has 1 fully saturated rings. The number of aryl methyl sites for hydroxylation is 1. The van der Waals surface area contributed by atoms with E-state index >= 15 is 0 Å². The van der Waals surface area contributed by atoms with E-state index in [9.17, 15) is 4.79 Å². The van der Waals surface area contributed by atoms with Gasteiger partial charge in [-0.2, -0.15) is 0 Å². The summed E-state index contributed by atoms with van der Waals surface area (Å²) in [6.07, 6.45) is 4.88. The van der Waals surface area contributed by atoms with Crippen LogP contribution in [0.2, 0.25) is 5.02 Å². The zero-order valence-corrected chi connectivity index (χ0v) is 18.1. The Morgan fingerprint density at radius 3 is 2.83 bits per heavy atom. The Morgan fingerprint density at radius 2 is 2.07 bits per heavy atom. The van der Waals surface area contributed by atoms with Gasteiger partial charge in [0.25, 0.3) is 5.91 Å². The number of carbonyl (C=O) groups excluding carboxylic acids is 1. The molecule has 0 radical (unpaired) electrons. The number of hydrogen-bond acceptors (Lipinski definition) is 4. The average Bonchev–Trinajstić information content (AvgIpc) is 2.68. The van der Waals surface area contributed by atoms with Crippen molar-refractivity contribution in [1.82, 2.24) is 14.9 Å². The van der Waals surface area contributed by atoms with Gasteiger partial charge in [0, 0.05) is 40.6 Å². The SMILES string of the molecule is Cc1ccc2c(Nc3cccc(Cl)c3)c(C(=O)N3CCCCC3C)cnc2n1.Cl. The Morgan fingerprint density at radius 1 is 1.24 bits per heavy atom. The van der Waals surface area contributed by atoms with Gasteiger partial charge in [-0.15, -0.1) is 12.4 Å². The van der Waals surface area contributed by atoms with E-state index in [1.807, 2.05) is 48.2 Å². The maximum Gasteiger partial charge on any atom is 0.257 e. The Labute approximate surface area is 181 Å². The van der Waals surface area contributed by atoms with Crippen molar-refractivity contribution in [3.63, 3.8) is 0 Å². The van der Waals surface area contributed by atoms with Crippen LogP contribution < -0.4 is 5.32 Å². The molecule has 5 nitrogen and oxygen atoms in total. The van der Waals surface area contributed by atoms with E-state index in [1.165, 1.54) is 0 Å². The van der Waals surface area contributed by atoms with Gasteiger partial charge < -0.3 is 10.2 Å². The van der Waals surface area contributed by atoms with Gasteiger partial charge in [0.1, 0.15) is 0 Å². The molecule has 1 saturated heterocycles. The number of piperidine rings is 1. The first-order chi connectivity index (χ1) is 13.5. The van der Waals surface area contributed by atoms with Crippen LogP contribution in [0, 0.1) is 6.92 Å². The molecule has 1 atom stereocenters. The Hall–Kier alpha value is -2.37. The van der Waals surface area contributed by atoms with E-state index in [4.69, 9.17) is 11.6 Å². The number of benzene rings is 1. The number of likely N-dealkylation sites (tertiary alicyclic amines) is 1. The van der Waals surface area contributed by atoms with Crippen molar-refractivity contribution in [2.45, 2.75) is 39.2 Å². The zero-order valence-electron chi connectivity index (χ0n) is 16.5. The minimum Gasteiger partial charge on any atom is -0.354 e. The first-order valence-electron chi connectivity index (χ1n) is 9.63. The predicted octanol–water partition coefficient (Wildman–Crippen LogP) is 5.77. The Bertz CT molecular complexity index is 1040. The van der Waals surface area contributed by atoms with E-state index in [2.05, 4.69) is 22.2 Å². The molecule has 1 amide bonds. The molecule has 1 aliphatic heterocycles. The number of hydrogen-bond donors (Lipinski definition) is 1. The van der Waals surface area contributed by atoms with Crippen LogP contribution in [-0.2, 0) is 0 Å². The fourth-order valence-corrected chi connectivity index (χ4v) is 3.92. The molecule has 29 heavy (non-hydrogen) atoms. The molecule has 1 aliphatic rings. The number of fused-ring (bicyclic) bond motifs is 1. The van der Waals surface area contributed by atoms with Crippen molar-refractivity contribution < 1.29 is 4.79 Å². The van der Waals surface area contributed by atoms with E-state index in [-0.39, 0.29) is 24.4 Å². The highest BCUT2D eigenvalue weighted by atomic mass is 35.5. The third-order valence-electron chi connectivity index (χ3n) is 5.26. The summed E-state index contributed by atoms with van der Waals surface area (Å²) in [6.45, 7) is 4.82. The molecule has 0 bridgehead atoms. The van der Waals surface area contributed by atoms with Gasteiger partial charge >= 0.3 is 0 Å². The molecule has 1 aromatic carbocycles. The minimum absolute atomic E-state index is 0. The lowest BCUT2D eigenvalue weighted by Gasteiger charge is -2.34. The zero-order chi connectivity index (χ0) is 19.7. The summed E-state index contributed by atoms with van der Waals surface area (Å²) in [6, 6.07) is 11.6. The number of halogens is 2. The van der Waals surface area contributed by atoms with Gasteiger partial charge in [0.2, 0.25) is 0 Å². The number of carbonyl (C=O) groups is 1. The van der Waals surface area contributed by atoms with Crippen LogP contribution in [0.15, 0.2) is 42.6 Å². The van der Waals surface area contributed by atoms with E-state index in [1.54, 1.807) is 6.20 Å². The van der Waals surface area contributed by atoms with E-state index < -0.39 is 0 Å². The van der Waals surface area contributed by atoms with Gasteiger partial charge in [0.15, 0.2) is 5.65 Å². The van der Waals surface area contributed by atoms with Crippen molar-refractivity contribution >= 4 is 52.3 Å². The van der Waals surface area contributed by atoms with Crippen LogP contribution in [0.4, 0.5) is 11.4 Å². The van der Waals surface area contributed by atoms with Crippen LogP contribution in [0.3, 0.4) is 0 Å². The molecular weight excluding hydrogens is 407 g/mol. The second-order valence-corrected chi connectivity index (χ2v) is 7.79. The molecule has 0 saturated carbocycles. The van der Waals surface area contributed by atoms with Crippen LogP contribution in [0.5, 0.6) is 0 Å². The van der Waals surface area contributed by atoms with E-state index in [0.717, 1.165) is 48.3 Å². The van der Waals surface area contributed by atoms with Crippen molar-refractivity contribution in [3.05, 3.63) is 58.9 Å². The predicted molar refractivity (Wildman–Crippen MR) is 121 cm³/mol. The highest BCUT2D eigenvalue weighted by Crippen LogP contribution is 2.31. The third-order valence-corrected chi connectivity index (χ3v) is 5.49. The summed E-state index contributed by atoms with van der Waals surface area (Å²) in [5.41, 5.74) is 3.61. The number of anilines is 2. The first-order valence-corrected chi connectivity index (χ1v) is 10.0. The second kappa shape index (κ2) is 8.97. The standard InChI is InChI=1S/C22H23ClN4O.ClH/c1-14-9-10-18-20(26-17-8-5-7-16(23)12-17)19(13-24-21(18)25-14)22(28)27-11-4-3-6-15(27)2;/h5,7-10,12-13,15H,3-4,6,11H2,1-2H3,(H,24,25,26);1H.